The molecule has 0 aliphatic carbocycles. The van der Waals surface area contributed by atoms with E-state index in [0.29, 0.717) is 12.0 Å². The molecule has 0 aromatic rings. The van der Waals surface area contributed by atoms with Crippen LogP contribution in [0.5, 0.6) is 0 Å². The summed E-state index contributed by atoms with van der Waals surface area (Å²) in [6.07, 6.45) is 2.40. The number of hydrogen-bond donors (Lipinski definition) is 1. The summed E-state index contributed by atoms with van der Waals surface area (Å²) in [6, 6.07) is 2.74. The summed E-state index contributed by atoms with van der Waals surface area (Å²) in [7, 11) is 4.14. The molecule has 0 aromatic carbocycles. The summed E-state index contributed by atoms with van der Waals surface area (Å²) in [6.45, 7) is 6.38. The van der Waals surface area contributed by atoms with Crippen LogP contribution in [-0.2, 0) is 0 Å². The van der Waals surface area contributed by atoms with Gasteiger partial charge in [0.05, 0.1) is 11.5 Å². The molecule has 3 heteroatoms. The highest BCUT2D eigenvalue weighted by molar-refractivity contribution is 5.03. The number of nitriles is 1. The number of hydrogen-bond acceptors (Lipinski definition) is 3. The molecule has 1 aliphatic rings. The minimum absolute atomic E-state index is 0.269. The van der Waals surface area contributed by atoms with E-state index in [2.05, 4.69) is 23.3 Å². The Morgan fingerprint density at radius 1 is 1.40 bits per heavy atom. The van der Waals surface area contributed by atoms with Crippen molar-refractivity contribution in [2.75, 3.05) is 27.2 Å². The molecular formula is C12H23N3. The van der Waals surface area contributed by atoms with Gasteiger partial charge in [0.1, 0.15) is 0 Å². The van der Waals surface area contributed by atoms with Gasteiger partial charge < -0.3 is 10.2 Å². The molecule has 1 atom stereocenters. The monoisotopic (exact) mass is 209 g/mol. The maximum atomic E-state index is 9.18. The lowest BCUT2D eigenvalue weighted by Crippen LogP contribution is -2.48. The van der Waals surface area contributed by atoms with E-state index in [9.17, 15) is 5.26 Å². The highest BCUT2D eigenvalue weighted by Crippen LogP contribution is 2.31. The molecule has 3 nitrogen and oxygen atoms in total. The first-order chi connectivity index (χ1) is 7.01. The van der Waals surface area contributed by atoms with Crippen molar-refractivity contribution < 1.29 is 0 Å². The molecule has 1 aliphatic heterocycles. The van der Waals surface area contributed by atoms with Crippen LogP contribution >= 0.6 is 0 Å². The second kappa shape index (κ2) is 4.96. The van der Waals surface area contributed by atoms with Crippen LogP contribution in [0.15, 0.2) is 0 Å². The minimum atomic E-state index is -0.269. The Labute approximate surface area is 93.5 Å². The molecule has 86 valence electrons. The van der Waals surface area contributed by atoms with Crippen LogP contribution in [0.25, 0.3) is 0 Å². The predicted molar refractivity (Wildman–Crippen MR) is 62.5 cm³/mol. The Kier molecular flexibility index (Phi) is 4.12. The Hall–Kier alpha value is -0.590. The summed E-state index contributed by atoms with van der Waals surface area (Å²) < 4.78 is 0. The molecule has 0 spiro atoms. The van der Waals surface area contributed by atoms with E-state index in [-0.39, 0.29) is 5.41 Å². The zero-order valence-electron chi connectivity index (χ0n) is 10.4. The van der Waals surface area contributed by atoms with Crippen molar-refractivity contribution in [1.82, 2.24) is 10.2 Å². The molecule has 0 aromatic heterocycles. The van der Waals surface area contributed by atoms with E-state index in [1.54, 1.807) is 0 Å². The van der Waals surface area contributed by atoms with Crippen molar-refractivity contribution in [3.63, 3.8) is 0 Å². The number of rotatable bonds is 3. The smallest absolute Gasteiger partial charge is 0.0700 e. The second-order valence-corrected chi connectivity index (χ2v) is 5.24. The molecule has 1 N–H and O–H groups in total. The molecule has 0 amide bonds. The number of nitrogens with zero attached hydrogens (tertiary/aromatic N) is 2. The molecule has 0 saturated carbocycles. The van der Waals surface area contributed by atoms with Gasteiger partial charge in [-0.25, -0.2) is 0 Å². The van der Waals surface area contributed by atoms with Crippen molar-refractivity contribution in [2.24, 2.45) is 11.3 Å². The van der Waals surface area contributed by atoms with Crippen LogP contribution in [0, 0.1) is 22.7 Å². The van der Waals surface area contributed by atoms with Crippen molar-refractivity contribution in [2.45, 2.75) is 32.7 Å². The molecule has 1 saturated heterocycles. The second-order valence-electron chi connectivity index (χ2n) is 5.24. The Balaban J connectivity index is 2.64. The maximum absolute atomic E-state index is 9.18. The van der Waals surface area contributed by atoms with Gasteiger partial charge in [0, 0.05) is 6.04 Å². The normalized spacial score (nSPS) is 22.3. The number of likely N-dealkylation sites (tertiary alicyclic amines) is 1. The molecule has 15 heavy (non-hydrogen) atoms. The van der Waals surface area contributed by atoms with Crippen LogP contribution in [0.1, 0.15) is 26.7 Å². The zero-order valence-corrected chi connectivity index (χ0v) is 10.4. The molecule has 1 heterocycles. The lowest BCUT2D eigenvalue weighted by atomic mass is 9.75. The van der Waals surface area contributed by atoms with Crippen molar-refractivity contribution >= 4 is 0 Å². The van der Waals surface area contributed by atoms with Crippen LogP contribution in [0.2, 0.25) is 0 Å². The van der Waals surface area contributed by atoms with Gasteiger partial charge in [-0.3, -0.25) is 0 Å². The third-order valence-corrected chi connectivity index (χ3v) is 3.61. The zero-order chi connectivity index (χ0) is 11.5. The van der Waals surface area contributed by atoms with E-state index in [0.717, 1.165) is 13.1 Å². The van der Waals surface area contributed by atoms with Gasteiger partial charge >= 0.3 is 0 Å². The van der Waals surface area contributed by atoms with E-state index in [1.807, 2.05) is 20.9 Å². The Morgan fingerprint density at radius 3 is 2.33 bits per heavy atom. The largest absolute Gasteiger partial charge is 0.315 e. The maximum Gasteiger partial charge on any atom is 0.0700 e. The first-order valence-electron chi connectivity index (χ1n) is 5.78. The van der Waals surface area contributed by atoms with E-state index in [4.69, 9.17) is 0 Å². The molecule has 1 fully saturated rings. The SMILES string of the molecule is CNC(C1CCN(C)CC1)C(C)(C)C#N. The highest BCUT2D eigenvalue weighted by atomic mass is 15.1. The molecule has 0 bridgehead atoms. The highest BCUT2D eigenvalue weighted by Gasteiger charge is 2.35. The first kappa shape index (κ1) is 12.5. The quantitative estimate of drug-likeness (QED) is 0.765. The fourth-order valence-electron chi connectivity index (χ4n) is 2.62. The van der Waals surface area contributed by atoms with Crippen LogP contribution < -0.4 is 5.32 Å². The summed E-state index contributed by atoms with van der Waals surface area (Å²) in [5.41, 5.74) is -0.269. The minimum Gasteiger partial charge on any atom is -0.315 e. The lowest BCUT2D eigenvalue weighted by Gasteiger charge is -2.39. The van der Waals surface area contributed by atoms with Crippen LogP contribution in [0.3, 0.4) is 0 Å². The predicted octanol–water partition coefficient (Wildman–Crippen LogP) is 1.47. The molecule has 1 unspecified atom stereocenters. The van der Waals surface area contributed by atoms with E-state index in [1.165, 1.54) is 12.8 Å². The molecule has 1 rings (SSSR count). The topological polar surface area (TPSA) is 39.1 Å². The Morgan fingerprint density at radius 2 is 1.93 bits per heavy atom. The molecular weight excluding hydrogens is 186 g/mol. The van der Waals surface area contributed by atoms with Crippen molar-refractivity contribution in [3.8, 4) is 6.07 Å². The van der Waals surface area contributed by atoms with Crippen LogP contribution in [-0.4, -0.2) is 38.1 Å². The average molecular weight is 209 g/mol. The van der Waals surface area contributed by atoms with Crippen molar-refractivity contribution in [3.05, 3.63) is 0 Å². The van der Waals surface area contributed by atoms with Gasteiger partial charge in [-0.2, -0.15) is 5.26 Å². The van der Waals surface area contributed by atoms with Gasteiger partial charge in [0.15, 0.2) is 0 Å². The third kappa shape index (κ3) is 2.93. The fourth-order valence-corrected chi connectivity index (χ4v) is 2.62. The van der Waals surface area contributed by atoms with E-state index >= 15 is 0 Å². The van der Waals surface area contributed by atoms with Gasteiger partial charge in [-0.15, -0.1) is 0 Å². The van der Waals surface area contributed by atoms with Gasteiger partial charge in [0.2, 0.25) is 0 Å². The van der Waals surface area contributed by atoms with Gasteiger partial charge in [-0.05, 0) is 59.8 Å². The molecule has 0 radical (unpaired) electrons. The average Bonchev–Trinajstić information content (AvgIpc) is 2.22. The first-order valence-corrected chi connectivity index (χ1v) is 5.78. The summed E-state index contributed by atoms with van der Waals surface area (Å²) >= 11 is 0. The van der Waals surface area contributed by atoms with Gasteiger partial charge in [-0.1, -0.05) is 0 Å². The lowest BCUT2D eigenvalue weighted by molar-refractivity contribution is 0.145. The number of nitrogens with one attached hydrogen (secondary N) is 1. The van der Waals surface area contributed by atoms with Crippen LogP contribution in [0.4, 0.5) is 0 Å². The standard InChI is InChI=1S/C12H23N3/c1-12(2,9-13)11(14-3)10-5-7-15(4)8-6-10/h10-11,14H,5-8H2,1-4H3. The summed E-state index contributed by atoms with van der Waals surface area (Å²) in [5.74, 6) is 0.640. The van der Waals surface area contributed by atoms with Crippen molar-refractivity contribution in [1.29, 1.82) is 5.26 Å². The number of piperidine rings is 1. The summed E-state index contributed by atoms with van der Waals surface area (Å²) in [5, 5.41) is 12.5. The van der Waals surface area contributed by atoms with Gasteiger partial charge in [0.25, 0.3) is 0 Å². The Bertz CT molecular complexity index is 234. The fraction of sp³-hybridized carbons (Fsp3) is 0.917. The summed E-state index contributed by atoms with van der Waals surface area (Å²) in [4.78, 5) is 2.36. The third-order valence-electron chi connectivity index (χ3n) is 3.61. The van der Waals surface area contributed by atoms with E-state index < -0.39 is 0 Å².